The molecule has 1 aromatic rings. The van der Waals surface area contributed by atoms with Gasteiger partial charge in [0.05, 0.1) is 24.7 Å². The highest BCUT2D eigenvalue weighted by atomic mass is 16.5. The lowest BCUT2D eigenvalue weighted by Gasteiger charge is -2.32. The zero-order valence-electron chi connectivity index (χ0n) is 10.6. The van der Waals surface area contributed by atoms with Crippen molar-refractivity contribution in [2.75, 3.05) is 7.11 Å². The van der Waals surface area contributed by atoms with Gasteiger partial charge in [-0.2, -0.15) is 0 Å². The van der Waals surface area contributed by atoms with Gasteiger partial charge in [0.25, 0.3) is 0 Å². The Kier molecular flexibility index (Phi) is 2.97. The van der Waals surface area contributed by atoms with Gasteiger partial charge in [-0.15, -0.1) is 0 Å². The summed E-state index contributed by atoms with van der Waals surface area (Å²) < 4.78 is 11.0. The molecule has 0 atom stereocenters. The number of benzene rings is 1. The Hall–Kier alpha value is -2.06. The molecular formula is C14H14O4. The zero-order chi connectivity index (χ0) is 13.3. The fourth-order valence-corrected chi connectivity index (χ4v) is 2.08. The van der Waals surface area contributed by atoms with E-state index in [0.717, 1.165) is 0 Å². The molecule has 4 heteroatoms. The van der Waals surface area contributed by atoms with Crippen LogP contribution in [-0.4, -0.2) is 24.4 Å². The summed E-state index contributed by atoms with van der Waals surface area (Å²) in [6, 6.07) is 3.31. The van der Waals surface area contributed by atoms with Gasteiger partial charge in [-0.05, 0) is 26.0 Å². The van der Waals surface area contributed by atoms with Gasteiger partial charge in [-0.3, -0.25) is 4.79 Å². The number of hydrogen-bond donors (Lipinski definition) is 0. The molecule has 0 saturated heterocycles. The molecule has 0 unspecified atom stereocenters. The molecule has 1 heterocycles. The maximum absolute atomic E-state index is 12.0. The highest BCUT2D eigenvalue weighted by Crippen LogP contribution is 2.40. The molecule has 2 rings (SSSR count). The van der Waals surface area contributed by atoms with Gasteiger partial charge in [0.15, 0.2) is 5.78 Å². The van der Waals surface area contributed by atoms with Crippen molar-refractivity contribution in [1.82, 2.24) is 0 Å². The van der Waals surface area contributed by atoms with Crippen LogP contribution in [0.1, 0.15) is 36.2 Å². The van der Waals surface area contributed by atoms with E-state index < -0.39 is 5.60 Å². The van der Waals surface area contributed by atoms with E-state index in [-0.39, 0.29) is 5.78 Å². The summed E-state index contributed by atoms with van der Waals surface area (Å²) >= 11 is 0. The molecule has 0 radical (unpaired) electrons. The Morgan fingerprint density at radius 3 is 2.78 bits per heavy atom. The van der Waals surface area contributed by atoms with Crippen LogP contribution in [0.25, 0.3) is 6.08 Å². The molecule has 0 amide bonds. The summed E-state index contributed by atoms with van der Waals surface area (Å²) in [6.07, 6.45) is 1.54. The van der Waals surface area contributed by atoms with Gasteiger partial charge in [0, 0.05) is 6.08 Å². The van der Waals surface area contributed by atoms with E-state index in [2.05, 4.69) is 0 Å². The third kappa shape index (κ3) is 2.03. The Bertz CT molecular complexity index is 551. The minimum absolute atomic E-state index is 0.00412. The summed E-state index contributed by atoms with van der Waals surface area (Å²) in [7, 11) is 1.50. The van der Waals surface area contributed by atoms with E-state index in [0.29, 0.717) is 29.0 Å². The number of Topliss-reactive ketones (excluding diaryl/α,β-unsaturated/α-hetero) is 1. The van der Waals surface area contributed by atoms with Crippen LogP contribution in [0.4, 0.5) is 0 Å². The van der Waals surface area contributed by atoms with Crippen molar-refractivity contribution >= 4 is 17.8 Å². The number of methoxy groups -OCH3 is 1. The molecule has 4 nitrogen and oxygen atoms in total. The van der Waals surface area contributed by atoms with Gasteiger partial charge < -0.3 is 9.47 Å². The van der Waals surface area contributed by atoms with Crippen LogP contribution in [0.5, 0.6) is 11.5 Å². The lowest BCUT2D eigenvalue weighted by atomic mass is 9.91. The number of carbonyl (C=O) groups excluding carboxylic acids is 2. The molecule has 1 aliphatic heterocycles. The Labute approximate surface area is 105 Å². The standard InChI is InChI=1S/C14H14O4/c1-14(2)8-11(16)9-4-5-12(17-3)10(6-7-15)13(9)18-14/h4-6H,8H2,1-3H3. The monoisotopic (exact) mass is 246 g/mol. The maximum Gasteiger partial charge on any atom is 0.170 e. The second-order valence-electron chi connectivity index (χ2n) is 4.78. The van der Waals surface area contributed by atoms with Gasteiger partial charge in [0.1, 0.15) is 23.0 Å². The van der Waals surface area contributed by atoms with Crippen molar-refractivity contribution in [1.29, 1.82) is 0 Å². The van der Waals surface area contributed by atoms with Crippen molar-refractivity contribution < 1.29 is 19.1 Å². The molecule has 0 aromatic heterocycles. The average Bonchev–Trinajstić information content (AvgIpc) is 2.29. The first-order valence-corrected chi connectivity index (χ1v) is 5.62. The van der Waals surface area contributed by atoms with Gasteiger partial charge in [-0.25, -0.2) is 4.79 Å². The molecule has 0 spiro atoms. The molecule has 0 bridgehead atoms. The first kappa shape index (κ1) is 12.4. The third-order valence-electron chi connectivity index (χ3n) is 2.84. The summed E-state index contributed by atoms with van der Waals surface area (Å²) in [5, 5.41) is 0. The summed E-state index contributed by atoms with van der Waals surface area (Å²) in [5.74, 6) is 2.60. The summed E-state index contributed by atoms with van der Waals surface area (Å²) in [4.78, 5) is 22.6. The summed E-state index contributed by atoms with van der Waals surface area (Å²) in [5.41, 5.74) is 0.366. The van der Waals surface area contributed by atoms with E-state index in [1.807, 2.05) is 13.8 Å². The average molecular weight is 246 g/mol. The van der Waals surface area contributed by atoms with Gasteiger partial charge in [0.2, 0.25) is 0 Å². The fraction of sp³-hybridized carbons (Fsp3) is 0.357. The topological polar surface area (TPSA) is 52.6 Å². The molecule has 1 aromatic carbocycles. The van der Waals surface area contributed by atoms with Crippen molar-refractivity contribution in [2.24, 2.45) is 0 Å². The van der Waals surface area contributed by atoms with Crippen LogP contribution >= 0.6 is 0 Å². The first-order valence-electron chi connectivity index (χ1n) is 5.62. The predicted molar refractivity (Wildman–Crippen MR) is 66.8 cm³/mol. The SMILES string of the molecule is COc1ccc2c(c1C=C=O)OC(C)(C)CC2=O. The van der Waals surface area contributed by atoms with Crippen LogP contribution in [0.15, 0.2) is 12.1 Å². The Balaban J connectivity index is 2.69. The van der Waals surface area contributed by atoms with Crippen LogP contribution < -0.4 is 9.47 Å². The van der Waals surface area contributed by atoms with E-state index in [9.17, 15) is 9.59 Å². The fourth-order valence-electron chi connectivity index (χ4n) is 2.08. The second kappa shape index (κ2) is 4.31. The highest BCUT2D eigenvalue weighted by Gasteiger charge is 2.34. The number of ketones is 1. The molecule has 0 N–H and O–H groups in total. The van der Waals surface area contributed by atoms with Crippen LogP contribution in [0.2, 0.25) is 0 Å². The molecule has 18 heavy (non-hydrogen) atoms. The van der Waals surface area contributed by atoms with E-state index in [4.69, 9.17) is 9.47 Å². The van der Waals surface area contributed by atoms with Crippen molar-refractivity contribution in [3.8, 4) is 11.5 Å². The third-order valence-corrected chi connectivity index (χ3v) is 2.84. The molecule has 94 valence electrons. The maximum atomic E-state index is 12.0. The minimum Gasteiger partial charge on any atom is -0.496 e. The number of carbonyl (C=O) groups is 1. The normalized spacial score (nSPS) is 16.3. The van der Waals surface area contributed by atoms with Crippen LogP contribution in [0, 0.1) is 0 Å². The quantitative estimate of drug-likeness (QED) is 0.751. The molecule has 1 aliphatic rings. The largest absolute Gasteiger partial charge is 0.496 e. The Morgan fingerprint density at radius 1 is 1.44 bits per heavy atom. The highest BCUT2D eigenvalue weighted by molar-refractivity contribution is 6.02. The minimum atomic E-state index is -0.581. The smallest absolute Gasteiger partial charge is 0.170 e. The van der Waals surface area contributed by atoms with Crippen molar-refractivity contribution in [3.63, 3.8) is 0 Å². The van der Waals surface area contributed by atoms with E-state index in [1.165, 1.54) is 13.2 Å². The first-order chi connectivity index (χ1) is 8.48. The zero-order valence-corrected chi connectivity index (χ0v) is 10.6. The lowest BCUT2D eigenvalue weighted by Crippen LogP contribution is -2.36. The van der Waals surface area contributed by atoms with Crippen molar-refractivity contribution in [2.45, 2.75) is 25.9 Å². The number of fused-ring (bicyclic) bond motifs is 1. The second-order valence-corrected chi connectivity index (χ2v) is 4.78. The van der Waals surface area contributed by atoms with Crippen LogP contribution in [0.3, 0.4) is 0 Å². The molecule has 0 aliphatic carbocycles. The number of hydrogen-bond acceptors (Lipinski definition) is 4. The molecular weight excluding hydrogens is 232 g/mol. The number of ether oxygens (including phenoxy) is 2. The van der Waals surface area contributed by atoms with Gasteiger partial charge >= 0.3 is 0 Å². The van der Waals surface area contributed by atoms with E-state index >= 15 is 0 Å². The predicted octanol–water partition coefficient (Wildman–Crippen LogP) is 2.28. The molecule has 0 saturated carbocycles. The van der Waals surface area contributed by atoms with Crippen molar-refractivity contribution in [3.05, 3.63) is 23.3 Å². The van der Waals surface area contributed by atoms with Crippen LogP contribution in [-0.2, 0) is 4.79 Å². The number of rotatable bonds is 2. The summed E-state index contributed by atoms with van der Waals surface area (Å²) in [6.45, 7) is 3.67. The van der Waals surface area contributed by atoms with E-state index in [1.54, 1.807) is 18.1 Å². The van der Waals surface area contributed by atoms with Gasteiger partial charge in [-0.1, -0.05) is 0 Å². The molecule has 0 fully saturated rings. The Morgan fingerprint density at radius 2 is 2.17 bits per heavy atom. The lowest BCUT2D eigenvalue weighted by molar-refractivity contribution is 0.0617.